The number of carbonyl (C=O) groups excluding carboxylic acids is 4. The fourth-order valence-corrected chi connectivity index (χ4v) is 9.75. The van der Waals surface area contributed by atoms with E-state index in [9.17, 15) is 27.6 Å². The van der Waals surface area contributed by atoms with E-state index in [1.807, 2.05) is 54.1 Å². The van der Waals surface area contributed by atoms with Gasteiger partial charge in [0.2, 0.25) is 11.8 Å². The quantitative estimate of drug-likeness (QED) is 0.190. The van der Waals surface area contributed by atoms with Crippen LogP contribution in [-0.2, 0) is 29.3 Å². The Balaban J connectivity index is 1.22. The summed E-state index contributed by atoms with van der Waals surface area (Å²) in [7, 11) is -1.59. The summed E-state index contributed by atoms with van der Waals surface area (Å²) in [6.45, 7) is 11.1. The van der Waals surface area contributed by atoms with Crippen molar-refractivity contribution in [1.29, 1.82) is 0 Å². The highest BCUT2D eigenvalue weighted by Gasteiger charge is 2.62. The molecular weight excluding hydrogens is 811 g/mol. The Labute approximate surface area is 354 Å². The van der Waals surface area contributed by atoms with E-state index in [0.29, 0.717) is 24.4 Å². The molecule has 0 spiro atoms. The first kappa shape index (κ1) is 43.1. The molecule has 3 fully saturated rings. The SMILES string of the molecule is C=C(C)OC(=O)N[C@H]1CCCCC/C=C\[C@@H]2C[C@@]2(C(=O)NS(=O)(=O)N(C)C)NC(=O)[C@@H]2C[C@@H](Oc3nc4c(-c5csc(N6CCCC6)n5)cccc4n3C(C)C)CN2C1=O. The van der Waals surface area contributed by atoms with Gasteiger partial charge in [0, 0.05) is 56.5 Å². The lowest BCUT2D eigenvalue weighted by molar-refractivity contribution is -0.141. The second-order valence-corrected chi connectivity index (χ2v) is 19.3. The van der Waals surface area contributed by atoms with Gasteiger partial charge in [0.25, 0.3) is 11.9 Å². The number of amides is 4. The molecule has 19 heteroatoms. The lowest BCUT2D eigenvalue weighted by Crippen LogP contribution is -2.58. The third kappa shape index (κ3) is 9.02. The molecule has 3 N–H and O–H groups in total. The van der Waals surface area contributed by atoms with Gasteiger partial charge < -0.3 is 29.9 Å². The number of nitrogens with zero attached hydrogens (tertiary/aromatic N) is 6. The molecule has 0 radical (unpaired) electrons. The average molecular weight is 866 g/mol. The Morgan fingerprint density at radius 2 is 1.87 bits per heavy atom. The Morgan fingerprint density at radius 3 is 2.58 bits per heavy atom. The third-order valence-electron chi connectivity index (χ3n) is 11.5. The largest absolute Gasteiger partial charge is 0.459 e. The molecule has 5 heterocycles. The second-order valence-electron chi connectivity index (χ2n) is 16.6. The molecule has 60 heavy (non-hydrogen) atoms. The summed E-state index contributed by atoms with van der Waals surface area (Å²) in [5.74, 6) is -2.38. The summed E-state index contributed by atoms with van der Waals surface area (Å²) >= 11 is 1.61. The van der Waals surface area contributed by atoms with E-state index in [-0.39, 0.29) is 37.6 Å². The number of benzene rings is 1. The minimum atomic E-state index is -4.18. The smallest absolute Gasteiger partial charge is 0.412 e. The molecule has 324 valence electrons. The van der Waals surface area contributed by atoms with Crippen LogP contribution in [0.25, 0.3) is 22.3 Å². The van der Waals surface area contributed by atoms with Crippen molar-refractivity contribution < 1.29 is 37.1 Å². The predicted molar refractivity (Wildman–Crippen MR) is 227 cm³/mol. The van der Waals surface area contributed by atoms with Gasteiger partial charge in [-0.3, -0.25) is 19.0 Å². The molecule has 5 atom stereocenters. The molecule has 4 aliphatic rings. The van der Waals surface area contributed by atoms with E-state index >= 15 is 0 Å². The molecule has 0 bridgehead atoms. The fourth-order valence-electron chi connectivity index (χ4n) is 8.27. The van der Waals surface area contributed by atoms with Gasteiger partial charge in [0.1, 0.15) is 29.2 Å². The van der Waals surface area contributed by atoms with Crippen LogP contribution in [0, 0.1) is 5.92 Å². The first-order valence-electron chi connectivity index (χ1n) is 20.6. The molecule has 7 rings (SSSR count). The van der Waals surface area contributed by atoms with Crippen LogP contribution in [0.4, 0.5) is 9.93 Å². The van der Waals surface area contributed by atoms with Crippen molar-refractivity contribution in [2.24, 2.45) is 5.92 Å². The van der Waals surface area contributed by atoms with Crippen LogP contribution < -0.4 is 25.0 Å². The van der Waals surface area contributed by atoms with E-state index in [2.05, 4.69) is 26.8 Å². The average Bonchev–Trinajstić information content (AvgIpc) is 3.78. The zero-order valence-electron chi connectivity index (χ0n) is 34.8. The Bertz CT molecular complexity index is 2280. The zero-order chi connectivity index (χ0) is 42.9. The highest BCUT2D eigenvalue weighted by atomic mass is 32.2. The first-order chi connectivity index (χ1) is 28.6. The van der Waals surface area contributed by atoms with Crippen LogP contribution in [0.1, 0.15) is 84.6 Å². The van der Waals surface area contributed by atoms with E-state index in [1.165, 1.54) is 25.9 Å². The Kier molecular flexibility index (Phi) is 12.6. The number of carbonyl (C=O) groups is 4. The minimum Gasteiger partial charge on any atom is -0.459 e. The van der Waals surface area contributed by atoms with Crippen molar-refractivity contribution in [3.63, 3.8) is 0 Å². The number of alkyl carbamates (subject to hydrolysis) is 1. The molecule has 1 aromatic carbocycles. The molecule has 17 nitrogen and oxygen atoms in total. The number of anilines is 1. The van der Waals surface area contributed by atoms with Gasteiger partial charge in [0.05, 0.1) is 23.5 Å². The van der Waals surface area contributed by atoms with Crippen LogP contribution in [0.5, 0.6) is 6.01 Å². The van der Waals surface area contributed by atoms with Crippen molar-refractivity contribution in [3.8, 4) is 17.3 Å². The lowest BCUT2D eigenvalue weighted by Gasteiger charge is -2.29. The van der Waals surface area contributed by atoms with Gasteiger partial charge in [-0.1, -0.05) is 43.7 Å². The van der Waals surface area contributed by atoms with E-state index in [0.717, 1.165) is 65.0 Å². The number of thiazole rings is 1. The molecular formula is C41H55N9O8S2. The van der Waals surface area contributed by atoms with Gasteiger partial charge in [-0.25, -0.2) is 14.5 Å². The Hall–Kier alpha value is -5.01. The fraction of sp³-hybridized carbons (Fsp3) is 0.561. The standard InChI is InChI=1S/C41H55N9O8S2/c1-25(2)50-32-18-14-16-29(31-24-59-39(42-31)48-19-12-13-20-48)34(32)44-38(50)58-28-21-33-35(51)45-41(37(53)46-60(55,56)47(5)6)22-27(41)15-10-8-7-9-11-17-30(36(52)49(33)23-28)43-40(54)57-26(3)4/h10,14-16,18,24-25,27-28,30,33H,3,7-9,11-13,17,19-23H2,1-2,4-6H3,(H,43,54)(H,45,51)(H,46,53)/b15-10-/t27-,28-,30+,33+,41-/m1/s1. The number of imidazole rings is 1. The normalized spacial score (nSPS) is 25.6. The predicted octanol–water partition coefficient (Wildman–Crippen LogP) is 4.64. The maximum Gasteiger partial charge on any atom is 0.412 e. The summed E-state index contributed by atoms with van der Waals surface area (Å²) in [4.78, 5) is 69.5. The monoisotopic (exact) mass is 865 g/mol. The number of fused-ring (bicyclic) bond motifs is 3. The number of ether oxygens (including phenoxy) is 2. The van der Waals surface area contributed by atoms with E-state index in [4.69, 9.17) is 19.4 Å². The molecule has 3 aromatic rings. The molecule has 0 unspecified atom stereocenters. The summed E-state index contributed by atoms with van der Waals surface area (Å²) in [6, 6.07) is 3.95. The summed E-state index contributed by atoms with van der Waals surface area (Å²) in [5, 5.41) is 8.57. The molecule has 4 amide bonds. The van der Waals surface area contributed by atoms with Gasteiger partial charge in [0.15, 0.2) is 5.13 Å². The topological polar surface area (TPSA) is 197 Å². The van der Waals surface area contributed by atoms with Gasteiger partial charge in [-0.15, -0.1) is 11.3 Å². The number of hydrogen-bond donors (Lipinski definition) is 3. The minimum absolute atomic E-state index is 0.0220. The highest BCUT2D eigenvalue weighted by molar-refractivity contribution is 7.87. The van der Waals surface area contributed by atoms with Gasteiger partial charge in [-0.2, -0.15) is 17.7 Å². The molecule has 1 saturated carbocycles. The highest BCUT2D eigenvalue weighted by Crippen LogP contribution is 2.46. The maximum atomic E-state index is 14.6. The molecule has 1 aliphatic carbocycles. The summed E-state index contributed by atoms with van der Waals surface area (Å²) < 4.78 is 42.4. The van der Waals surface area contributed by atoms with E-state index < -0.39 is 63.7 Å². The Morgan fingerprint density at radius 1 is 1.10 bits per heavy atom. The van der Waals surface area contributed by atoms with Crippen molar-refractivity contribution >= 4 is 61.5 Å². The van der Waals surface area contributed by atoms with Crippen molar-refractivity contribution in [2.75, 3.05) is 38.6 Å². The second kappa shape index (κ2) is 17.5. The van der Waals surface area contributed by atoms with Gasteiger partial charge in [-0.05, 0) is 65.4 Å². The van der Waals surface area contributed by atoms with Crippen molar-refractivity contribution in [3.05, 3.63) is 48.1 Å². The number of para-hydroxylation sites is 1. The van der Waals surface area contributed by atoms with Crippen LogP contribution in [-0.4, -0.2) is 113 Å². The zero-order valence-corrected chi connectivity index (χ0v) is 36.4. The first-order valence-corrected chi connectivity index (χ1v) is 23.0. The molecule has 2 aromatic heterocycles. The number of allylic oxidation sites excluding steroid dienone is 2. The third-order valence-corrected chi connectivity index (χ3v) is 13.8. The number of rotatable bonds is 10. The number of nitrogens with one attached hydrogen (secondary N) is 3. The van der Waals surface area contributed by atoms with Crippen LogP contribution >= 0.6 is 11.3 Å². The van der Waals surface area contributed by atoms with Crippen LogP contribution in [0.15, 0.2) is 48.1 Å². The van der Waals surface area contributed by atoms with E-state index in [1.54, 1.807) is 11.3 Å². The molecule has 3 aliphatic heterocycles. The van der Waals surface area contributed by atoms with Crippen LogP contribution in [0.2, 0.25) is 0 Å². The van der Waals surface area contributed by atoms with Crippen molar-refractivity contribution in [1.82, 2.24) is 39.1 Å². The van der Waals surface area contributed by atoms with Gasteiger partial charge >= 0.3 is 16.3 Å². The van der Waals surface area contributed by atoms with Crippen molar-refractivity contribution in [2.45, 2.75) is 108 Å². The lowest BCUT2D eigenvalue weighted by atomic mass is 10.1. The van der Waals surface area contributed by atoms with Crippen LogP contribution in [0.3, 0.4) is 0 Å². The summed E-state index contributed by atoms with van der Waals surface area (Å²) in [5.41, 5.74) is 1.64. The number of aromatic nitrogens is 3. The number of hydrogen-bond acceptors (Lipinski definition) is 12. The maximum absolute atomic E-state index is 14.6. The molecule has 2 saturated heterocycles. The summed E-state index contributed by atoms with van der Waals surface area (Å²) in [6.07, 6.45) is 7.71.